The van der Waals surface area contributed by atoms with E-state index in [0.29, 0.717) is 18.3 Å². The van der Waals surface area contributed by atoms with Gasteiger partial charge in [0.15, 0.2) is 0 Å². The van der Waals surface area contributed by atoms with Crippen LogP contribution in [0.1, 0.15) is 23.1 Å². The summed E-state index contributed by atoms with van der Waals surface area (Å²) in [4.78, 5) is 42.4. The number of carbonyl (C=O) groups excluding carboxylic acids is 3. The summed E-state index contributed by atoms with van der Waals surface area (Å²) in [6.07, 6.45) is 5.76. The van der Waals surface area contributed by atoms with E-state index in [1.807, 2.05) is 62.4 Å². The third-order valence-corrected chi connectivity index (χ3v) is 8.23. The molecule has 3 amide bonds. The van der Waals surface area contributed by atoms with Gasteiger partial charge in [0.2, 0.25) is 17.7 Å². The van der Waals surface area contributed by atoms with Gasteiger partial charge in [0.1, 0.15) is 6.04 Å². The van der Waals surface area contributed by atoms with Crippen LogP contribution in [-0.4, -0.2) is 28.7 Å². The number of allylic oxidation sites excluding steroid dienone is 2. The number of anilines is 1. The quantitative estimate of drug-likeness (QED) is 0.566. The summed E-state index contributed by atoms with van der Waals surface area (Å²) in [7, 11) is 0. The summed E-state index contributed by atoms with van der Waals surface area (Å²) >= 11 is 0. The molecule has 1 N–H and O–H groups in total. The Morgan fingerprint density at radius 1 is 0.970 bits per heavy atom. The van der Waals surface area contributed by atoms with Crippen molar-refractivity contribution < 1.29 is 14.4 Å². The minimum absolute atomic E-state index is 0.144. The first-order chi connectivity index (χ1) is 15.9. The van der Waals surface area contributed by atoms with Crippen LogP contribution in [0.2, 0.25) is 0 Å². The Kier molecular flexibility index (Phi) is 4.58. The maximum Gasteiger partial charge on any atom is 0.248 e. The molecule has 2 aromatic carbocycles. The van der Waals surface area contributed by atoms with E-state index < -0.39 is 6.04 Å². The first-order valence-corrected chi connectivity index (χ1v) is 11.9. The molecule has 2 bridgehead atoms. The maximum absolute atomic E-state index is 13.7. The van der Waals surface area contributed by atoms with Crippen LogP contribution in [0.3, 0.4) is 0 Å². The molecule has 7 rings (SSSR count). The van der Waals surface area contributed by atoms with Gasteiger partial charge >= 0.3 is 0 Å². The Morgan fingerprint density at radius 2 is 1.61 bits per heavy atom. The molecule has 7 atom stereocenters. The van der Waals surface area contributed by atoms with Crippen molar-refractivity contribution in [3.8, 4) is 0 Å². The monoisotopic (exact) mass is 440 g/mol. The van der Waals surface area contributed by atoms with E-state index >= 15 is 0 Å². The lowest BCUT2D eigenvalue weighted by molar-refractivity contribution is -0.146. The topological polar surface area (TPSA) is 66.5 Å². The Balaban J connectivity index is 1.34. The average molecular weight is 441 g/mol. The van der Waals surface area contributed by atoms with E-state index in [0.717, 1.165) is 28.8 Å². The molecule has 0 spiro atoms. The molecule has 0 radical (unpaired) electrons. The van der Waals surface area contributed by atoms with Gasteiger partial charge in [-0.15, -0.1) is 0 Å². The molecule has 168 valence electrons. The molecule has 33 heavy (non-hydrogen) atoms. The molecule has 0 aromatic heterocycles. The number of benzene rings is 2. The van der Waals surface area contributed by atoms with Gasteiger partial charge in [-0.2, -0.15) is 0 Å². The number of rotatable bonds is 5. The van der Waals surface area contributed by atoms with Crippen molar-refractivity contribution >= 4 is 23.4 Å². The molecule has 2 saturated carbocycles. The van der Waals surface area contributed by atoms with Crippen LogP contribution >= 0.6 is 0 Å². The van der Waals surface area contributed by atoms with Crippen molar-refractivity contribution in [2.75, 3.05) is 5.32 Å². The Morgan fingerprint density at radius 3 is 2.24 bits per heavy atom. The summed E-state index contributed by atoms with van der Waals surface area (Å²) in [5.41, 5.74) is 3.63. The van der Waals surface area contributed by atoms with Crippen molar-refractivity contribution in [3.63, 3.8) is 0 Å². The van der Waals surface area contributed by atoms with E-state index in [-0.39, 0.29) is 41.4 Å². The molecular formula is C28H28N2O3. The average Bonchev–Trinajstić information content (AvgIpc) is 3.59. The number of carbonyl (C=O) groups is 3. The second kappa shape index (κ2) is 7.41. The van der Waals surface area contributed by atoms with Crippen LogP contribution < -0.4 is 5.32 Å². The lowest BCUT2D eigenvalue weighted by atomic mass is 9.63. The summed E-state index contributed by atoms with van der Waals surface area (Å²) in [6, 6.07) is 14.7. The first kappa shape index (κ1) is 20.4. The number of aryl methyl sites for hydroxylation is 2. The summed E-state index contributed by atoms with van der Waals surface area (Å²) in [6.45, 7) is 3.92. The van der Waals surface area contributed by atoms with Gasteiger partial charge in [-0.3, -0.25) is 19.3 Å². The number of likely N-dealkylation sites (tertiary alicyclic amines) is 1. The van der Waals surface area contributed by atoms with Crippen LogP contribution in [0.15, 0.2) is 60.7 Å². The van der Waals surface area contributed by atoms with E-state index in [4.69, 9.17) is 0 Å². The molecule has 0 unspecified atom stereocenters. The Bertz CT molecular complexity index is 1150. The second-order valence-corrected chi connectivity index (χ2v) is 10.2. The van der Waals surface area contributed by atoms with Crippen LogP contribution in [-0.2, 0) is 20.8 Å². The summed E-state index contributed by atoms with van der Waals surface area (Å²) in [5.74, 6) is 0.128. The molecule has 1 saturated heterocycles. The highest BCUT2D eigenvalue weighted by atomic mass is 16.2. The highest BCUT2D eigenvalue weighted by molar-refractivity contribution is 6.11. The van der Waals surface area contributed by atoms with Gasteiger partial charge in [-0.1, -0.05) is 54.6 Å². The number of amides is 3. The van der Waals surface area contributed by atoms with E-state index in [1.165, 1.54) is 4.90 Å². The molecule has 5 aliphatic rings. The van der Waals surface area contributed by atoms with Crippen molar-refractivity contribution in [1.82, 2.24) is 4.90 Å². The minimum Gasteiger partial charge on any atom is -0.324 e. The van der Waals surface area contributed by atoms with Crippen LogP contribution in [0.5, 0.6) is 0 Å². The zero-order valence-corrected chi connectivity index (χ0v) is 18.9. The third-order valence-electron chi connectivity index (χ3n) is 8.23. The van der Waals surface area contributed by atoms with Crippen molar-refractivity contribution in [2.24, 2.45) is 35.5 Å². The predicted octanol–water partition coefficient (Wildman–Crippen LogP) is 3.91. The number of nitrogens with zero attached hydrogens (tertiary/aromatic N) is 1. The van der Waals surface area contributed by atoms with Gasteiger partial charge in [-0.25, -0.2) is 0 Å². The van der Waals surface area contributed by atoms with E-state index in [1.54, 1.807) is 0 Å². The molecule has 1 heterocycles. The Labute approximate surface area is 193 Å². The number of hydrogen-bond donors (Lipinski definition) is 1. The second-order valence-electron chi connectivity index (χ2n) is 10.2. The molecule has 3 fully saturated rings. The standard InChI is InChI=1S/C28H28N2O3/c1-15-8-9-16(2)22(12-15)29-26(31)23(13-17-6-4-3-5-7-17)30-27(32)24-18-10-11-19(21-14-20(18)21)25(24)28(30)33/h3-12,18-21,23-25H,13-14H2,1-2H3,(H,29,31)/t18-,19-,20-,21-,23+,24-,25+/m1/s1. The van der Waals surface area contributed by atoms with Crippen LogP contribution in [0.4, 0.5) is 5.69 Å². The van der Waals surface area contributed by atoms with Crippen molar-refractivity contribution in [2.45, 2.75) is 32.7 Å². The molecule has 5 heteroatoms. The highest BCUT2D eigenvalue weighted by Crippen LogP contribution is 2.65. The molecule has 4 aliphatic carbocycles. The van der Waals surface area contributed by atoms with Gasteiger partial charge < -0.3 is 5.32 Å². The lowest BCUT2D eigenvalue weighted by Crippen LogP contribution is -2.49. The predicted molar refractivity (Wildman–Crippen MR) is 125 cm³/mol. The van der Waals surface area contributed by atoms with Crippen LogP contribution in [0.25, 0.3) is 0 Å². The van der Waals surface area contributed by atoms with Crippen molar-refractivity contribution in [1.29, 1.82) is 0 Å². The Hall–Kier alpha value is -3.21. The fourth-order valence-corrected chi connectivity index (χ4v) is 6.51. The smallest absolute Gasteiger partial charge is 0.248 e. The molecule has 1 aliphatic heterocycles. The highest BCUT2D eigenvalue weighted by Gasteiger charge is 2.67. The maximum atomic E-state index is 13.7. The number of hydrogen-bond acceptors (Lipinski definition) is 3. The van der Waals surface area contributed by atoms with Crippen LogP contribution in [0, 0.1) is 49.4 Å². The normalized spacial score (nSPS) is 31.9. The molecule has 5 nitrogen and oxygen atoms in total. The fourth-order valence-electron chi connectivity index (χ4n) is 6.51. The lowest BCUT2D eigenvalue weighted by Gasteiger charge is -2.37. The van der Waals surface area contributed by atoms with E-state index in [9.17, 15) is 14.4 Å². The van der Waals surface area contributed by atoms with Gasteiger partial charge in [0.25, 0.3) is 0 Å². The zero-order chi connectivity index (χ0) is 22.9. The third kappa shape index (κ3) is 3.17. The fraction of sp³-hybridized carbons (Fsp3) is 0.393. The first-order valence-electron chi connectivity index (χ1n) is 11.9. The van der Waals surface area contributed by atoms with Gasteiger partial charge in [0.05, 0.1) is 11.8 Å². The number of nitrogens with one attached hydrogen (secondary N) is 1. The SMILES string of the molecule is Cc1ccc(C)c(NC(=O)[C@H](Cc2ccccc2)N2C(=O)[C@@H]3[C@@H]4C=C[C@H]([C@H]5C[C@H]45)[C@@H]3C2=O)c1. The zero-order valence-electron chi connectivity index (χ0n) is 18.9. The van der Waals surface area contributed by atoms with Gasteiger partial charge in [-0.05, 0) is 66.7 Å². The summed E-state index contributed by atoms with van der Waals surface area (Å²) in [5, 5.41) is 3.03. The largest absolute Gasteiger partial charge is 0.324 e. The molecule has 2 aromatic rings. The minimum atomic E-state index is -0.867. The summed E-state index contributed by atoms with van der Waals surface area (Å²) < 4.78 is 0. The van der Waals surface area contributed by atoms with E-state index in [2.05, 4.69) is 17.5 Å². The number of imide groups is 1. The van der Waals surface area contributed by atoms with Gasteiger partial charge in [0, 0.05) is 12.1 Å². The van der Waals surface area contributed by atoms with Crippen molar-refractivity contribution in [3.05, 3.63) is 77.4 Å². The molecular weight excluding hydrogens is 412 g/mol.